The molecule has 2 aromatic rings. The van der Waals surface area contributed by atoms with E-state index in [0.717, 1.165) is 36.5 Å². The minimum Gasteiger partial charge on any atom is -0.370 e. The highest BCUT2D eigenvalue weighted by atomic mass is 32.2. The maximum atomic E-state index is 11.5. The lowest BCUT2D eigenvalue weighted by Gasteiger charge is -2.19. The van der Waals surface area contributed by atoms with Gasteiger partial charge < -0.3 is 4.90 Å². The molecule has 128 valence electrons. The number of hydrogen-bond donors (Lipinski definition) is 1. The van der Waals surface area contributed by atoms with Gasteiger partial charge in [0, 0.05) is 29.4 Å². The van der Waals surface area contributed by atoms with E-state index in [1.54, 1.807) is 12.1 Å². The van der Waals surface area contributed by atoms with Crippen molar-refractivity contribution in [1.82, 2.24) is 0 Å². The van der Waals surface area contributed by atoms with Crippen molar-refractivity contribution in [3.63, 3.8) is 0 Å². The van der Waals surface area contributed by atoms with Crippen molar-refractivity contribution < 1.29 is 8.42 Å². The van der Waals surface area contributed by atoms with Gasteiger partial charge in [-0.1, -0.05) is 6.07 Å². The Morgan fingerprint density at radius 2 is 1.92 bits per heavy atom. The molecular weight excluding hydrogens is 340 g/mol. The Labute approximate surface area is 148 Å². The van der Waals surface area contributed by atoms with Gasteiger partial charge in [0.25, 0.3) is 0 Å². The van der Waals surface area contributed by atoms with Crippen LogP contribution in [0.3, 0.4) is 0 Å². The molecule has 0 radical (unpaired) electrons. The van der Waals surface area contributed by atoms with E-state index in [9.17, 15) is 8.42 Å². The SMILES string of the molecule is Cc1ccc(SCCN2CCc3cc(S(N)(=O)=O)ccc32)cc1C. The zero-order valence-corrected chi connectivity index (χ0v) is 15.6. The average Bonchev–Trinajstić information content (AvgIpc) is 2.92. The maximum absolute atomic E-state index is 11.5. The van der Waals surface area contributed by atoms with E-state index in [2.05, 4.69) is 36.9 Å². The molecule has 0 amide bonds. The van der Waals surface area contributed by atoms with E-state index >= 15 is 0 Å². The van der Waals surface area contributed by atoms with Crippen LogP contribution in [-0.2, 0) is 16.4 Å². The molecule has 0 saturated carbocycles. The summed E-state index contributed by atoms with van der Waals surface area (Å²) in [5, 5.41) is 5.21. The van der Waals surface area contributed by atoms with Crippen LogP contribution in [0.1, 0.15) is 16.7 Å². The zero-order chi connectivity index (χ0) is 17.3. The molecule has 1 aliphatic heterocycles. The van der Waals surface area contributed by atoms with Gasteiger partial charge in [-0.15, -0.1) is 11.8 Å². The second-order valence-electron chi connectivity index (χ2n) is 6.17. The second-order valence-corrected chi connectivity index (χ2v) is 8.90. The Morgan fingerprint density at radius 3 is 2.62 bits per heavy atom. The molecule has 0 aliphatic carbocycles. The van der Waals surface area contributed by atoms with E-state index in [1.165, 1.54) is 16.0 Å². The lowest BCUT2D eigenvalue weighted by Crippen LogP contribution is -2.23. The summed E-state index contributed by atoms with van der Waals surface area (Å²) in [4.78, 5) is 3.81. The molecular formula is C18H22N2O2S2. The summed E-state index contributed by atoms with van der Waals surface area (Å²) in [6.45, 7) is 6.14. The van der Waals surface area contributed by atoms with Crippen molar-refractivity contribution in [2.24, 2.45) is 5.14 Å². The van der Waals surface area contributed by atoms with Gasteiger partial charge in [0.2, 0.25) is 10.0 Å². The molecule has 24 heavy (non-hydrogen) atoms. The predicted molar refractivity (Wildman–Crippen MR) is 100 cm³/mol. The molecule has 0 unspecified atom stereocenters. The summed E-state index contributed by atoms with van der Waals surface area (Å²) in [7, 11) is -3.63. The Balaban J connectivity index is 1.63. The number of benzene rings is 2. The Hall–Kier alpha value is -1.50. The fourth-order valence-electron chi connectivity index (χ4n) is 2.93. The molecule has 0 aromatic heterocycles. The standard InChI is InChI=1S/C18H22N2O2S2/c1-13-3-4-16(11-14(13)2)23-10-9-20-8-7-15-12-17(24(19,21)22)5-6-18(15)20/h3-6,11-12H,7-10H2,1-2H3,(H2,19,21,22). The maximum Gasteiger partial charge on any atom is 0.238 e. The molecule has 4 nitrogen and oxygen atoms in total. The first-order valence-electron chi connectivity index (χ1n) is 7.95. The first-order valence-corrected chi connectivity index (χ1v) is 10.5. The molecule has 3 rings (SSSR count). The molecule has 0 atom stereocenters. The van der Waals surface area contributed by atoms with Crippen LogP contribution in [0.5, 0.6) is 0 Å². The van der Waals surface area contributed by atoms with Gasteiger partial charge >= 0.3 is 0 Å². The normalized spacial score (nSPS) is 14.0. The van der Waals surface area contributed by atoms with Gasteiger partial charge in [-0.05, 0) is 67.3 Å². The van der Waals surface area contributed by atoms with E-state index in [4.69, 9.17) is 5.14 Å². The number of sulfonamides is 1. The first-order chi connectivity index (χ1) is 11.3. The Bertz CT molecular complexity index is 863. The molecule has 1 heterocycles. The smallest absolute Gasteiger partial charge is 0.238 e. The highest BCUT2D eigenvalue weighted by Gasteiger charge is 2.21. The Kier molecular flexibility index (Phi) is 4.90. The molecule has 2 aromatic carbocycles. The summed E-state index contributed by atoms with van der Waals surface area (Å²) in [6.07, 6.45) is 0.868. The molecule has 6 heteroatoms. The quantitative estimate of drug-likeness (QED) is 0.830. The van der Waals surface area contributed by atoms with Gasteiger partial charge in [-0.3, -0.25) is 0 Å². The van der Waals surface area contributed by atoms with E-state index < -0.39 is 10.0 Å². The number of nitrogens with two attached hydrogens (primary N) is 1. The van der Waals surface area contributed by atoms with Crippen LogP contribution in [0.25, 0.3) is 0 Å². The van der Waals surface area contributed by atoms with Crippen molar-refractivity contribution in [3.8, 4) is 0 Å². The van der Waals surface area contributed by atoms with Crippen LogP contribution < -0.4 is 10.0 Å². The lowest BCUT2D eigenvalue weighted by atomic mass is 10.1. The fraction of sp³-hybridized carbons (Fsp3) is 0.333. The van der Waals surface area contributed by atoms with E-state index in [0.29, 0.717) is 0 Å². The second kappa shape index (κ2) is 6.78. The molecule has 2 N–H and O–H groups in total. The number of nitrogens with zero attached hydrogens (tertiary/aromatic N) is 1. The third-order valence-electron chi connectivity index (χ3n) is 4.48. The highest BCUT2D eigenvalue weighted by Crippen LogP contribution is 2.30. The third kappa shape index (κ3) is 3.77. The van der Waals surface area contributed by atoms with Crippen LogP contribution in [0.2, 0.25) is 0 Å². The monoisotopic (exact) mass is 362 g/mol. The topological polar surface area (TPSA) is 63.4 Å². The number of primary sulfonamides is 1. The summed E-state index contributed by atoms with van der Waals surface area (Å²) in [5.41, 5.74) is 4.83. The predicted octanol–water partition coefficient (Wildman–Crippen LogP) is 3.11. The minimum atomic E-state index is -3.63. The van der Waals surface area contributed by atoms with Gasteiger partial charge in [-0.25, -0.2) is 13.6 Å². The number of aryl methyl sites for hydroxylation is 2. The van der Waals surface area contributed by atoms with Gasteiger partial charge in [0.05, 0.1) is 4.90 Å². The lowest BCUT2D eigenvalue weighted by molar-refractivity contribution is 0.597. The van der Waals surface area contributed by atoms with Crippen LogP contribution in [0.15, 0.2) is 46.2 Å². The van der Waals surface area contributed by atoms with Gasteiger partial charge in [0.1, 0.15) is 0 Å². The number of fused-ring (bicyclic) bond motifs is 1. The van der Waals surface area contributed by atoms with Crippen molar-refractivity contribution >= 4 is 27.5 Å². The van der Waals surface area contributed by atoms with Crippen molar-refractivity contribution in [2.75, 3.05) is 23.7 Å². The van der Waals surface area contributed by atoms with Gasteiger partial charge in [0.15, 0.2) is 0 Å². The minimum absolute atomic E-state index is 0.201. The average molecular weight is 363 g/mol. The molecule has 0 saturated heterocycles. The highest BCUT2D eigenvalue weighted by molar-refractivity contribution is 7.99. The van der Waals surface area contributed by atoms with Crippen molar-refractivity contribution in [1.29, 1.82) is 0 Å². The summed E-state index contributed by atoms with van der Waals surface area (Å²) in [5.74, 6) is 0.999. The van der Waals surface area contributed by atoms with Gasteiger partial charge in [-0.2, -0.15) is 0 Å². The number of hydrogen-bond acceptors (Lipinski definition) is 4. The van der Waals surface area contributed by atoms with E-state index in [1.807, 2.05) is 17.8 Å². The number of anilines is 1. The molecule has 1 aliphatic rings. The molecule has 0 fully saturated rings. The van der Waals surface area contributed by atoms with Crippen LogP contribution in [-0.4, -0.2) is 27.3 Å². The van der Waals surface area contributed by atoms with Crippen molar-refractivity contribution in [3.05, 3.63) is 53.1 Å². The van der Waals surface area contributed by atoms with Crippen LogP contribution in [0, 0.1) is 13.8 Å². The summed E-state index contributed by atoms with van der Waals surface area (Å²) in [6, 6.07) is 11.8. The largest absolute Gasteiger partial charge is 0.370 e. The van der Waals surface area contributed by atoms with Crippen molar-refractivity contribution in [2.45, 2.75) is 30.1 Å². The Morgan fingerprint density at radius 1 is 1.12 bits per heavy atom. The van der Waals surface area contributed by atoms with Crippen LogP contribution in [0.4, 0.5) is 5.69 Å². The molecule has 0 bridgehead atoms. The number of rotatable bonds is 5. The van der Waals surface area contributed by atoms with Crippen LogP contribution >= 0.6 is 11.8 Å². The third-order valence-corrected chi connectivity index (χ3v) is 6.36. The summed E-state index contributed by atoms with van der Waals surface area (Å²) < 4.78 is 22.9. The van der Waals surface area contributed by atoms with E-state index in [-0.39, 0.29) is 4.90 Å². The molecule has 0 spiro atoms. The first kappa shape index (κ1) is 17.3. The summed E-state index contributed by atoms with van der Waals surface area (Å²) >= 11 is 1.85. The number of thioether (sulfide) groups is 1. The zero-order valence-electron chi connectivity index (χ0n) is 14.0. The fourth-order valence-corrected chi connectivity index (χ4v) is 4.47.